The van der Waals surface area contributed by atoms with Crippen molar-refractivity contribution in [2.24, 2.45) is 0 Å². The van der Waals surface area contributed by atoms with Crippen molar-refractivity contribution in [2.75, 3.05) is 13.2 Å². The lowest BCUT2D eigenvalue weighted by atomic mass is 10.0. The summed E-state index contributed by atoms with van der Waals surface area (Å²) in [7, 11) is 0. The molecule has 130 valence electrons. The molecule has 1 unspecified atom stereocenters. The third-order valence-electron chi connectivity index (χ3n) is 3.86. The number of benzene rings is 2. The summed E-state index contributed by atoms with van der Waals surface area (Å²) in [6.45, 7) is 0.394. The Hall–Kier alpha value is -2.24. The highest BCUT2D eigenvalue weighted by Gasteiger charge is 2.23. The van der Waals surface area contributed by atoms with Crippen molar-refractivity contribution >= 4 is 35.0 Å². The van der Waals surface area contributed by atoms with E-state index in [-0.39, 0.29) is 24.4 Å². The maximum atomic E-state index is 12.2. The normalized spacial score (nSPS) is 15.7. The molecule has 2 N–H and O–H groups in total. The zero-order valence-corrected chi connectivity index (χ0v) is 14.7. The molecule has 1 aliphatic rings. The maximum Gasteiger partial charge on any atom is 0.251 e. The summed E-state index contributed by atoms with van der Waals surface area (Å²) in [4.78, 5) is 24.2. The number of carbonyl (C=O) groups is 2. The number of fused-ring (bicyclic) bond motifs is 1. The minimum atomic E-state index is -0.331. The van der Waals surface area contributed by atoms with Crippen LogP contribution < -0.4 is 15.4 Å². The SMILES string of the molecule is O=C(CNC(=O)c1ccc(Cl)cc1)NC1CCOc2ccc(Cl)cc21. The molecule has 0 saturated heterocycles. The van der Waals surface area contributed by atoms with Crippen molar-refractivity contribution in [3.05, 3.63) is 63.6 Å². The van der Waals surface area contributed by atoms with Crippen LogP contribution in [0.1, 0.15) is 28.4 Å². The van der Waals surface area contributed by atoms with E-state index in [0.29, 0.717) is 34.4 Å². The molecule has 0 saturated carbocycles. The van der Waals surface area contributed by atoms with Crippen LogP contribution in [0.15, 0.2) is 42.5 Å². The second kappa shape index (κ2) is 7.76. The number of hydrogen-bond donors (Lipinski definition) is 2. The monoisotopic (exact) mass is 378 g/mol. The fraction of sp³-hybridized carbons (Fsp3) is 0.222. The van der Waals surface area contributed by atoms with E-state index in [1.807, 2.05) is 0 Å². The highest BCUT2D eigenvalue weighted by Crippen LogP contribution is 2.33. The van der Waals surface area contributed by atoms with E-state index < -0.39 is 0 Å². The molecule has 1 aliphatic heterocycles. The molecule has 7 heteroatoms. The Morgan fingerprint density at radius 1 is 1.08 bits per heavy atom. The molecule has 0 radical (unpaired) electrons. The molecule has 1 atom stereocenters. The van der Waals surface area contributed by atoms with Gasteiger partial charge in [0.2, 0.25) is 5.91 Å². The van der Waals surface area contributed by atoms with Gasteiger partial charge < -0.3 is 15.4 Å². The van der Waals surface area contributed by atoms with Gasteiger partial charge in [0.05, 0.1) is 19.2 Å². The molecule has 0 bridgehead atoms. The Morgan fingerprint density at radius 3 is 2.56 bits per heavy atom. The second-order valence-electron chi connectivity index (χ2n) is 5.63. The fourth-order valence-corrected chi connectivity index (χ4v) is 2.93. The van der Waals surface area contributed by atoms with Gasteiger partial charge in [0.1, 0.15) is 5.75 Å². The van der Waals surface area contributed by atoms with E-state index in [9.17, 15) is 9.59 Å². The van der Waals surface area contributed by atoms with E-state index >= 15 is 0 Å². The Labute approximate surface area is 155 Å². The van der Waals surface area contributed by atoms with Crippen LogP contribution in [0.5, 0.6) is 5.75 Å². The molecule has 0 aliphatic carbocycles. The van der Waals surface area contributed by atoms with Crippen LogP contribution >= 0.6 is 23.2 Å². The molecule has 2 aromatic rings. The average Bonchev–Trinajstić information content (AvgIpc) is 2.61. The lowest BCUT2D eigenvalue weighted by molar-refractivity contribution is -0.121. The molecule has 3 rings (SSSR count). The standard InChI is InChI=1S/C18H16Cl2N2O3/c19-12-3-1-11(2-4-12)18(24)21-10-17(23)22-15-7-8-25-16-6-5-13(20)9-14(15)16/h1-6,9,15H,7-8,10H2,(H,21,24)(H,22,23). The molecular weight excluding hydrogens is 363 g/mol. The van der Waals surface area contributed by atoms with E-state index in [4.69, 9.17) is 27.9 Å². The summed E-state index contributed by atoms with van der Waals surface area (Å²) in [6, 6.07) is 11.6. The van der Waals surface area contributed by atoms with Gasteiger partial charge in [0, 0.05) is 27.6 Å². The van der Waals surface area contributed by atoms with E-state index in [2.05, 4.69) is 10.6 Å². The number of amides is 2. The lowest BCUT2D eigenvalue weighted by Crippen LogP contribution is -2.40. The van der Waals surface area contributed by atoms with Gasteiger partial charge in [0.15, 0.2) is 0 Å². The molecule has 0 fully saturated rings. The molecule has 5 nitrogen and oxygen atoms in total. The van der Waals surface area contributed by atoms with Crippen LogP contribution in [-0.2, 0) is 4.79 Å². The summed E-state index contributed by atoms with van der Waals surface area (Å²) in [5.74, 6) is 0.105. The van der Waals surface area contributed by atoms with Crippen molar-refractivity contribution in [1.29, 1.82) is 0 Å². The Balaban J connectivity index is 1.58. The van der Waals surface area contributed by atoms with Crippen LogP contribution in [0.2, 0.25) is 10.0 Å². The molecular formula is C18H16Cl2N2O3. The topological polar surface area (TPSA) is 67.4 Å². The quantitative estimate of drug-likeness (QED) is 0.856. The molecule has 0 spiro atoms. The number of halogens is 2. The summed E-state index contributed by atoms with van der Waals surface area (Å²) < 4.78 is 5.57. The fourth-order valence-electron chi connectivity index (χ4n) is 2.62. The third-order valence-corrected chi connectivity index (χ3v) is 4.35. The van der Waals surface area contributed by atoms with Gasteiger partial charge in [-0.15, -0.1) is 0 Å². The van der Waals surface area contributed by atoms with Crippen molar-refractivity contribution in [1.82, 2.24) is 10.6 Å². The van der Waals surface area contributed by atoms with Gasteiger partial charge in [-0.2, -0.15) is 0 Å². The Morgan fingerprint density at radius 2 is 1.80 bits per heavy atom. The largest absolute Gasteiger partial charge is 0.493 e. The van der Waals surface area contributed by atoms with E-state index in [1.165, 1.54) is 0 Å². The average molecular weight is 379 g/mol. The van der Waals surface area contributed by atoms with E-state index in [0.717, 1.165) is 5.56 Å². The van der Waals surface area contributed by atoms with Crippen molar-refractivity contribution in [3.8, 4) is 5.75 Å². The number of hydrogen-bond acceptors (Lipinski definition) is 3. The first kappa shape index (κ1) is 17.6. The molecule has 25 heavy (non-hydrogen) atoms. The molecule has 2 amide bonds. The summed E-state index contributed by atoms with van der Waals surface area (Å²) in [6.07, 6.45) is 0.643. The zero-order valence-electron chi connectivity index (χ0n) is 13.2. The minimum absolute atomic E-state index is 0.116. The van der Waals surface area contributed by atoms with Crippen LogP contribution in [0.4, 0.5) is 0 Å². The molecule has 1 heterocycles. The van der Waals surface area contributed by atoms with Crippen molar-refractivity contribution < 1.29 is 14.3 Å². The van der Waals surface area contributed by atoms with Gasteiger partial charge in [0.25, 0.3) is 5.91 Å². The zero-order chi connectivity index (χ0) is 17.8. The van der Waals surface area contributed by atoms with Gasteiger partial charge in [-0.1, -0.05) is 23.2 Å². The highest BCUT2D eigenvalue weighted by atomic mass is 35.5. The van der Waals surface area contributed by atoms with Gasteiger partial charge in [-0.3, -0.25) is 9.59 Å². The first-order chi connectivity index (χ1) is 12.0. The lowest BCUT2D eigenvalue weighted by Gasteiger charge is -2.27. The molecule has 0 aromatic heterocycles. The Kier molecular flexibility index (Phi) is 5.46. The third kappa shape index (κ3) is 4.44. The number of rotatable bonds is 4. The smallest absolute Gasteiger partial charge is 0.251 e. The minimum Gasteiger partial charge on any atom is -0.493 e. The van der Waals surface area contributed by atoms with Crippen LogP contribution in [0.25, 0.3) is 0 Å². The van der Waals surface area contributed by atoms with Crippen LogP contribution in [0.3, 0.4) is 0 Å². The predicted octanol–water partition coefficient (Wildman–Crippen LogP) is 3.36. The number of carbonyl (C=O) groups excluding carboxylic acids is 2. The summed E-state index contributed by atoms with van der Waals surface area (Å²) >= 11 is 11.8. The predicted molar refractivity (Wildman–Crippen MR) is 96.2 cm³/mol. The summed E-state index contributed by atoms with van der Waals surface area (Å²) in [5.41, 5.74) is 1.29. The van der Waals surface area contributed by atoms with Crippen molar-refractivity contribution in [3.63, 3.8) is 0 Å². The van der Waals surface area contributed by atoms with Gasteiger partial charge >= 0.3 is 0 Å². The highest BCUT2D eigenvalue weighted by molar-refractivity contribution is 6.31. The van der Waals surface area contributed by atoms with Crippen LogP contribution in [-0.4, -0.2) is 25.0 Å². The van der Waals surface area contributed by atoms with Crippen LogP contribution in [0, 0.1) is 0 Å². The number of ether oxygens (including phenoxy) is 1. The van der Waals surface area contributed by atoms with Crippen molar-refractivity contribution in [2.45, 2.75) is 12.5 Å². The van der Waals surface area contributed by atoms with Gasteiger partial charge in [-0.25, -0.2) is 0 Å². The number of nitrogens with one attached hydrogen (secondary N) is 2. The first-order valence-corrected chi connectivity index (χ1v) is 8.54. The summed E-state index contributed by atoms with van der Waals surface area (Å²) in [5, 5.41) is 6.63. The second-order valence-corrected chi connectivity index (χ2v) is 6.50. The maximum absolute atomic E-state index is 12.2. The first-order valence-electron chi connectivity index (χ1n) is 7.78. The van der Waals surface area contributed by atoms with Gasteiger partial charge in [-0.05, 0) is 42.5 Å². The van der Waals surface area contributed by atoms with E-state index in [1.54, 1.807) is 42.5 Å². The molecule has 2 aromatic carbocycles. The Bertz CT molecular complexity index is 793.